The molecule has 2 heterocycles. The van der Waals surface area contributed by atoms with E-state index in [1.54, 1.807) is 24.4 Å². The highest BCUT2D eigenvalue weighted by Crippen LogP contribution is 2.19. The van der Waals surface area contributed by atoms with E-state index in [1.807, 2.05) is 0 Å². The summed E-state index contributed by atoms with van der Waals surface area (Å²) in [6, 6.07) is 7.77. The predicted octanol–water partition coefficient (Wildman–Crippen LogP) is 1.84. The lowest BCUT2D eigenvalue weighted by Gasteiger charge is -2.10. The Bertz CT molecular complexity index is 891. The molecule has 0 bridgehead atoms. The van der Waals surface area contributed by atoms with E-state index in [0.717, 1.165) is 13.8 Å². The number of halogens is 2. The number of rotatable bonds is 4. The molecule has 0 radical (unpaired) electrons. The fourth-order valence-electron chi connectivity index (χ4n) is 1.95. The van der Waals surface area contributed by atoms with Gasteiger partial charge < -0.3 is 4.74 Å². The molecule has 0 aliphatic rings. The molecule has 3 aromatic rings. The monoisotopic (exact) mass is 379 g/mol. The second-order valence-electron chi connectivity index (χ2n) is 4.64. The van der Waals surface area contributed by atoms with Gasteiger partial charge in [-0.3, -0.25) is 0 Å². The molecule has 118 valence electrons. The van der Waals surface area contributed by atoms with E-state index in [2.05, 4.69) is 31.3 Å². The van der Waals surface area contributed by atoms with Crippen LogP contribution in [0, 0.1) is 5.82 Å². The van der Waals surface area contributed by atoms with Gasteiger partial charge in [-0.05, 0) is 44.6 Å². The van der Waals surface area contributed by atoms with Crippen LogP contribution in [0.1, 0.15) is 5.56 Å². The number of pyridine rings is 1. The van der Waals surface area contributed by atoms with Gasteiger partial charge in [0.1, 0.15) is 12.4 Å². The number of benzene rings is 1. The van der Waals surface area contributed by atoms with Gasteiger partial charge in [-0.25, -0.2) is 14.2 Å². The van der Waals surface area contributed by atoms with Crippen molar-refractivity contribution in [2.75, 3.05) is 0 Å². The Labute approximate surface area is 138 Å². The summed E-state index contributed by atoms with van der Waals surface area (Å²) in [6.07, 6.45) is 1.57. The van der Waals surface area contributed by atoms with Crippen LogP contribution < -0.4 is 10.4 Å². The topological polar surface area (TPSA) is 74.8 Å². The predicted molar refractivity (Wildman–Crippen MR) is 82.8 cm³/mol. The molecule has 1 aromatic carbocycles. The number of tetrazole rings is 1. The lowest BCUT2D eigenvalue weighted by molar-refractivity contribution is 0.287. The summed E-state index contributed by atoms with van der Waals surface area (Å²) >= 11 is 3.27. The minimum Gasteiger partial charge on any atom is -0.473 e. The van der Waals surface area contributed by atoms with Crippen molar-refractivity contribution in [2.45, 2.75) is 6.61 Å². The van der Waals surface area contributed by atoms with Crippen LogP contribution in [0.3, 0.4) is 0 Å². The molecule has 2 aromatic heterocycles. The normalized spacial score (nSPS) is 10.7. The van der Waals surface area contributed by atoms with Crippen LogP contribution in [0.25, 0.3) is 5.69 Å². The van der Waals surface area contributed by atoms with Crippen LogP contribution in [0.15, 0.2) is 45.8 Å². The summed E-state index contributed by atoms with van der Waals surface area (Å²) in [5.41, 5.74) is -0.00125. The summed E-state index contributed by atoms with van der Waals surface area (Å²) in [4.78, 5) is 16.0. The smallest absolute Gasteiger partial charge is 0.368 e. The minimum absolute atomic E-state index is 0.0976. The number of hydrogen-bond acceptors (Lipinski definition) is 5. The Kier molecular flexibility index (Phi) is 4.20. The molecule has 0 aliphatic heterocycles. The lowest BCUT2D eigenvalue weighted by atomic mass is 10.2. The van der Waals surface area contributed by atoms with E-state index < -0.39 is 11.5 Å². The first-order valence-corrected chi connectivity index (χ1v) is 7.36. The Morgan fingerprint density at radius 1 is 1.26 bits per heavy atom. The quantitative estimate of drug-likeness (QED) is 0.691. The molecule has 0 amide bonds. The van der Waals surface area contributed by atoms with Crippen LogP contribution in [0.5, 0.6) is 5.88 Å². The molecule has 23 heavy (non-hydrogen) atoms. The van der Waals surface area contributed by atoms with Gasteiger partial charge >= 0.3 is 5.69 Å². The highest BCUT2D eigenvalue weighted by molar-refractivity contribution is 9.10. The second-order valence-corrected chi connectivity index (χ2v) is 5.55. The summed E-state index contributed by atoms with van der Waals surface area (Å²) in [5.74, 6) is -0.161. The number of hydrogen-bond donors (Lipinski definition) is 0. The molecule has 0 N–H and O–H groups in total. The first-order valence-electron chi connectivity index (χ1n) is 6.57. The van der Waals surface area contributed by atoms with E-state index in [1.165, 1.54) is 19.2 Å². The Morgan fingerprint density at radius 3 is 2.74 bits per heavy atom. The number of nitrogens with zero attached hydrogens (tertiary/aromatic N) is 5. The summed E-state index contributed by atoms with van der Waals surface area (Å²) < 4.78 is 22.6. The van der Waals surface area contributed by atoms with Crippen molar-refractivity contribution in [1.82, 2.24) is 24.8 Å². The molecule has 0 fully saturated rings. The molecular weight excluding hydrogens is 369 g/mol. The first-order chi connectivity index (χ1) is 11.1. The molecule has 0 saturated carbocycles. The molecule has 3 rings (SSSR count). The average Bonchev–Trinajstić information content (AvgIpc) is 2.87. The maximum absolute atomic E-state index is 14.2. The zero-order valence-electron chi connectivity index (χ0n) is 12.0. The third kappa shape index (κ3) is 3.14. The molecule has 0 saturated heterocycles. The standard InChI is InChI=1S/C14H11BrFN5O2/c1-20-14(22)21(19-18-20)12-4-2-3-11(16)10(12)8-23-13-6-5-9(15)7-17-13/h2-7H,8H2,1H3. The highest BCUT2D eigenvalue weighted by atomic mass is 79.9. The van der Waals surface area contributed by atoms with Crippen molar-refractivity contribution in [2.24, 2.45) is 7.05 Å². The third-order valence-corrected chi connectivity index (χ3v) is 3.58. The zero-order valence-corrected chi connectivity index (χ0v) is 13.6. The van der Waals surface area contributed by atoms with Crippen LogP contribution in [0.4, 0.5) is 4.39 Å². The molecule has 0 unspecified atom stereocenters. The van der Waals surface area contributed by atoms with Gasteiger partial charge in [0.05, 0.1) is 11.3 Å². The SMILES string of the molecule is Cn1nnn(-c2cccc(F)c2COc2ccc(Br)cn2)c1=O. The number of ether oxygens (including phenoxy) is 1. The minimum atomic E-state index is -0.503. The molecule has 9 heteroatoms. The van der Waals surface area contributed by atoms with Crippen molar-refractivity contribution in [3.05, 3.63) is 62.9 Å². The van der Waals surface area contributed by atoms with Crippen molar-refractivity contribution in [3.8, 4) is 11.6 Å². The van der Waals surface area contributed by atoms with Crippen molar-refractivity contribution >= 4 is 15.9 Å². The van der Waals surface area contributed by atoms with E-state index in [4.69, 9.17) is 4.74 Å². The van der Waals surface area contributed by atoms with Gasteiger partial charge in [-0.1, -0.05) is 6.07 Å². The maximum atomic E-state index is 14.2. The molecular formula is C14H11BrFN5O2. The van der Waals surface area contributed by atoms with Gasteiger partial charge in [0.2, 0.25) is 5.88 Å². The van der Waals surface area contributed by atoms with E-state index in [-0.39, 0.29) is 17.9 Å². The molecule has 0 spiro atoms. The Balaban J connectivity index is 1.94. The largest absolute Gasteiger partial charge is 0.473 e. The molecule has 7 nitrogen and oxygen atoms in total. The maximum Gasteiger partial charge on any atom is 0.368 e. The van der Waals surface area contributed by atoms with Gasteiger partial charge in [0.25, 0.3) is 0 Å². The number of aryl methyl sites for hydroxylation is 1. The van der Waals surface area contributed by atoms with Crippen LogP contribution >= 0.6 is 15.9 Å². The average molecular weight is 380 g/mol. The lowest BCUT2D eigenvalue weighted by Crippen LogP contribution is -2.23. The Morgan fingerprint density at radius 2 is 2.09 bits per heavy atom. The van der Waals surface area contributed by atoms with Crippen LogP contribution in [-0.2, 0) is 13.7 Å². The summed E-state index contributed by atoms with van der Waals surface area (Å²) in [5, 5.41) is 7.35. The summed E-state index contributed by atoms with van der Waals surface area (Å²) in [7, 11) is 1.47. The van der Waals surface area contributed by atoms with Crippen molar-refractivity contribution < 1.29 is 9.13 Å². The molecule has 0 atom stereocenters. The van der Waals surface area contributed by atoms with Crippen LogP contribution in [0.2, 0.25) is 0 Å². The van der Waals surface area contributed by atoms with Crippen molar-refractivity contribution in [1.29, 1.82) is 0 Å². The second kappa shape index (κ2) is 6.29. The highest BCUT2D eigenvalue weighted by Gasteiger charge is 2.15. The van der Waals surface area contributed by atoms with Gasteiger partial charge in [-0.15, -0.1) is 0 Å². The van der Waals surface area contributed by atoms with Crippen LogP contribution in [-0.4, -0.2) is 24.8 Å². The van der Waals surface area contributed by atoms with Crippen molar-refractivity contribution in [3.63, 3.8) is 0 Å². The first kappa shape index (κ1) is 15.3. The van der Waals surface area contributed by atoms with Gasteiger partial charge in [-0.2, -0.15) is 9.36 Å². The van der Waals surface area contributed by atoms with Gasteiger partial charge in [0.15, 0.2) is 0 Å². The Hall–Kier alpha value is -2.55. The van der Waals surface area contributed by atoms with E-state index >= 15 is 0 Å². The third-order valence-electron chi connectivity index (χ3n) is 3.11. The van der Waals surface area contributed by atoms with Gasteiger partial charge in [0, 0.05) is 23.8 Å². The van der Waals surface area contributed by atoms with E-state index in [9.17, 15) is 9.18 Å². The fourth-order valence-corrected chi connectivity index (χ4v) is 2.18. The zero-order chi connectivity index (χ0) is 16.4. The molecule has 0 aliphatic carbocycles. The number of aromatic nitrogens is 5. The fraction of sp³-hybridized carbons (Fsp3) is 0.143. The van der Waals surface area contributed by atoms with E-state index in [0.29, 0.717) is 5.88 Å². The summed E-state index contributed by atoms with van der Waals surface area (Å²) in [6.45, 7) is -0.0976.